The molecule has 5 aliphatic rings. The van der Waals surface area contributed by atoms with Crippen LogP contribution in [0.4, 0.5) is 4.39 Å². The summed E-state index contributed by atoms with van der Waals surface area (Å²) in [5.41, 5.74) is 4.64. The first-order chi connectivity index (χ1) is 20.2. The molecular formula is C36H42FNO4. The average Bonchev–Trinajstić information content (AvgIpc) is 3.59. The fourth-order valence-electron chi connectivity index (χ4n) is 10.3. The third kappa shape index (κ3) is 4.04. The van der Waals surface area contributed by atoms with Gasteiger partial charge in [-0.15, -0.1) is 0 Å². The Kier molecular flexibility index (Phi) is 6.18. The molecule has 2 aromatic carbocycles. The van der Waals surface area contributed by atoms with Gasteiger partial charge in [0.2, 0.25) is 0 Å². The van der Waals surface area contributed by atoms with Gasteiger partial charge >= 0.3 is 5.97 Å². The molecule has 0 unspecified atom stereocenters. The van der Waals surface area contributed by atoms with Gasteiger partial charge in [0.05, 0.1) is 19.1 Å². The van der Waals surface area contributed by atoms with E-state index in [-0.39, 0.29) is 24.0 Å². The van der Waals surface area contributed by atoms with E-state index in [1.807, 2.05) is 6.07 Å². The van der Waals surface area contributed by atoms with Gasteiger partial charge in [-0.2, -0.15) is 0 Å². The normalized spacial score (nSPS) is 38.6. The molecule has 2 aliphatic heterocycles. The molecule has 222 valence electrons. The zero-order chi connectivity index (χ0) is 28.8. The molecule has 2 saturated heterocycles. The number of carbonyl (C=O) groups is 1. The molecule has 3 aliphatic carbocycles. The number of benzene rings is 2. The van der Waals surface area contributed by atoms with Crippen LogP contribution in [0.25, 0.3) is 10.9 Å². The van der Waals surface area contributed by atoms with Crippen molar-refractivity contribution in [2.24, 2.45) is 35.0 Å². The third-order valence-corrected chi connectivity index (χ3v) is 12.3. The Bertz CT molecular complexity index is 1540. The molecule has 0 bridgehead atoms. The van der Waals surface area contributed by atoms with Gasteiger partial charge in [-0.05, 0) is 121 Å². The number of hydrogen-bond acceptors (Lipinski definition) is 4. The van der Waals surface area contributed by atoms with Crippen LogP contribution in [-0.2, 0) is 27.1 Å². The van der Waals surface area contributed by atoms with Crippen LogP contribution >= 0.6 is 0 Å². The van der Waals surface area contributed by atoms with Crippen molar-refractivity contribution in [2.75, 3.05) is 6.61 Å². The Morgan fingerprint density at radius 1 is 1.12 bits per heavy atom. The highest BCUT2D eigenvalue weighted by Gasteiger charge is 2.67. The molecule has 6 heteroatoms. The lowest BCUT2D eigenvalue weighted by molar-refractivity contribution is -0.272. The third-order valence-electron chi connectivity index (χ3n) is 12.3. The van der Waals surface area contributed by atoms with Gasteiger partial charge in [-0.1, -0.05) is 26.8 Å². The number of ether oxygens (including phenoxy) is 3. The van der Waals surface area contributed by atoms with Crippen molar-refractivity contribution in [3.05, 3.63) is 65.1 Å². The molecule has 8 rings (SSSR count). The van der Waals surface area contributed by atoms with Crippen LogP contribution in [0.2, 0.25) is 0 Å². The minimum atomic E-state index is -0.357. The highest BCUT2D eigenvalue weighted by atomic mass is 19.1. The number of rotatable bonds is 3. The molecule has 3 aromatic rings. The topological polar surface area (TPSA) is 60.6 Å². The van der Waals surface area contributed by atoms with Gasteiger partial charge in [0.1, 0.15) is 11.6 Å². The standard InChI is InChI=1S/C36H42FNO4/c1-20-10-13-36(40-19-20)21(2)34-32(42-36)17-30-28-7-4-22-14-25(6-8-26(22)27(28)11-12-35(30,34)3)41-33(39)15-23-18-38-31-9-5-24(37)16-29(23)31/h5-6,8-9,14,16,18,20-21,27-28,30,32,34,38H,4,7,10-13,15,17,19H2,1-3H3/t20-,21+,27-,28-,30+,32+,34+,35+,36-/m1/s1. The molecule has 4 fully saturated rings. The van der Waals surface area contributed by atoms with Gasteiger partial charge < -0.3 is 19.2 Å². The molecule has 2 saturated carbocycles. The summed E-state index contributed by atoms with van der Waals surface area (Å²) in [6.07, 6.45) is 10.2. The van der Waals surface area contributed by atoms with E-state index >= 15 is 0 Å². The quantitative estimate of drug-likeness (QED) is 0.258. The Labute approximate surface area is 247 Å². The predicted molar refractivity (Wildman–Crippen MR) is 159 cm³/mol. The summed E-state index contributed by atoms with van der Waals surface area (Å²) in [4.78, 5) is 16.0. The molecule has 3 heterocycles. The molecule has 0 amide bonds. The van der Waals surface area contributed by atoms with Gasteiger partial charge in [-0.3, -0.25) is 4.79 Å². The monoisotopic (exact) mass is 571 g/mol. The summed E-state index contributed by atoms with van der Waals surface area (Å²) in [5, 5.41) is 0.722. The summed E-state index contributed by atoms with van der Waals surface area (Å²) in [6.45, 7) is 8.10. The van der Waals surface area contributed by atoms with E-state index in [1.54, 1.807) is 12.3 Å². The Morgan fingerprint density at radius 2 is 2.00 bits per heavy atom. The predicted octanol–water partition coefficient (Wildman–Crippen LogP) is 7.72. The van der Waals surface area contributed by atoms with Crippen molar-refractivity contribution in [3.63, 3.8) is 0 Å². The van der Waals surface area contributed by atoms with Crippen LogP contribution in [0.5, 0.6) is 5.75 Å². The number of aromatic nitrogens is 1. The number of aromatic amines is 1. The minimum absolute atomic E-state index is 0.0969. The van der Waals surface area contributed by atoms with Gasteiger partial charge in [0, 0.05) is 29.4 Å². The summed E-state index contributed by atoms with van der Waals surface area (Å²) in [5.74, 6) is 3.17. The molecule has 1 spiro atoms. The van der Waals surface area contributed by atoms with E-state index in [9.17, 15) is 9.18 Å². The Balaban J connectivity index is 0.971. The number of fused-ring (bicyclic) bond motifs is 8. The number of hydrogen-bond donors (Lipinski definition) is 1. The second kappa shape index (κ2) is 9.65. The van der Waals surface area contributed by atoms with E-state index in [0.29, 0.717) is 52.8 Å². The fourth-order valence-corrected chi connectivity index (χ4v) is 10.3. The Morgan fingerprint density at radius 3 is 2.83 bits per heavy atom. The smallest absolute Gasteiger partial charge is 0.315 e. The van der Waals surface area contributed by atoms with E-state index in [4.69, 9.17) is 14.2 Å². The first-order valence-electron chi connectivity index (χ1n) is 16.1. The number of aryl methyl sites for hydroxylation is 1. The zero-order valence-corrected chi connectivity index (χ0v) is 25.0. The van der Waals surface area contributed by atoms with Crippen LogP contribution in [0, 0.1) is 40.8 Å². The number of esters is 1. The second-order valence-corrected chi connectivity index (χ2v) is 14.4. The lowest BCUT2D eigenvalue weighted by Gasteiger charge is -2.52. The molecule has 1 N–H and O–H groups in total. The average molecular weight is 572 g/mol. The number of carbonyl (C=O) groups excluding carboxylic acids is 1. The van der Waals surface area contributed by atoms with Crippen LogP contribution in [0.1, 0.15) is 81.9 Å². The maximum Gasteiger partial charge on any atom is 0.315 e. The second-order valence-electron chi connectivity index (χ2n) is 14.4. The molecule has 42 heavy (non-hydrogen) atoms. The highest BCUT2D eigenvalue weighted by molar-refractivity contribution is 5.87. The molecule has 1 aromatic heterocycles. The van der Waals surface area contributed by atoms with E-state index in [0.717, 1.165) is 42.3 Å². The largest absolute Gasteiger partial charge is 0.426 e. The van der Waals surface area contributed by atoms with Crippen molar-refractivity contribution < 1.29 is 23.4 Å². The number of nitrogens with one attached hydrogen (secondary N) is 1. The Hall–Kier alpha value is -2.70. The number of halogens is 1. The van der Waals surface area contributed by atoms with Crippen LogP contribution in [-0.4, -0.2) is 29.5 Å². The maximum absolute atomic E-state index is 13.8. The first-order valence-corrected chi connectivity index (χ1v) is 16.1. The summed E-state index contributed by atoms with van der Waals surface area (Å²) < 4.78 is 33.0. The van der Waals surface area contributed by atoms with E-state index in [2.05, 4.69) is 37.9 Å². The minimum Gasteiger partial charge on any atom is -0.426 e. The lowest BCUT2D eigenvalue weighted by Crippen LogP contribution is -2.48. The van der Waals surface area contributed by atoms with Crippen molar-refractivity contribution in [3.8, 4) is 5.75 Å². The van der Waals surface area contributed by atoms with Crippen molar-refractivity contribution in [1.29, 1.82) is 0 Å². The van der Waals surface area contributed by atoms with Crippen LogP contribution in [0.15, 0.2) is 42.6 Å². The van der Waals surface area contributed by atoms with Crippen LogP contribution < -0.4 is 4.74 Å². The molecule has 9 atom stereocenters. The highest BCUT2D eigenvalue weighted by Crippen LogP contribution is 2.69. The molecule has 0 radical (unpaired) electrons. The maximum atomic E-state index is 13.8. The van der Waals surface area contributed by atoms with Gasteiger partial charge in [0.25, 0.3) is 0 Å². The zero-order valence-electron chi connectivity index (χ0n) is 25.0. The van der Waals surface area contributed by atoms with Crippen molar-refractivity contribution in [2.45, 2.75) is 89.9 Å². The first kappa shape index (κ1) is 26.9. The van der Waals surface area contributed by atoms with Crippen LogP contribution in [0.3, 0.4) is 0 Å². The van der Waals surface area contributed by atoms with E-state index in [1.165, 1.54) is 48.9 Å². The van der Waals surface area contributed by atoms with E-state index < -0.39 is 0 Å². The van der Waals surface area contributed by atoms with Crippen molar-refractivity contribution in [1.82, 2.24) is 4.98 Å². The lowest BCUT2D eigenvalue weighted by atomic mass is 9.53. The summed E-state index contributed by atoms with van der Waals surface area (Å²) in [6, 6.07) is 10.9. The van der Waals surface area contributed by atoms with Gasteiger partial charge in [0.15, 0.2) is 5.79 Å². The summed E-state index contributed by atoms with van der Waals surface area (Å²) in [7, 11) is 0. The molecular weight excluding hydrogens is 529 g/mol. The van der Waals surface area contributed by atoms with Gasteiger partial charge in [-0.25, -0.2) is 4.39 Å². The fraction of sp³-hybridized carbons (Fsp3) is 0.583. The van der Waals surface area contributed by atoms with Crippen molar-refractivity contribution >= 4 is 16.9 Å². The summed E-state index contributed by atoms with van der Waals surface area (Å²) >= 11 is 0. The number of H-pyrrole nitrogens is 1. The SMILES string of the molecule is C[C@@H]1CC[C@@]2(OC1)O[C@H]1C[C@H]3[C@@H]4CCc5cc(OC(=O)Cc6c[nH]c7ccc(F)cc67)ccc5[C@H]4CC[C@]3(C)[C@H]1[C@@H]2C. The molecule has 5 nitrogen and oxygen atoms in total.